The number of benzene rings is 1. The van der Waals surface area contributed by atoms with Crippen LogP contribution in [0.1, 0.15) is 65.1 Å². The summed E-state index contributed by atoms with van der Waals surface area (Å²) < 4.78 is 27.9. The normalized spacial score (nSPS) is 17.1. The van der Waals surface area contributed by atoms with Crippen LogP contribution in [0.25, 0.3) is 22.3 Å². The van der Waals surface area contributed by atoms with E-state index < -0.39 is 135 Å². The van der Waals surface area contributed by atoms with Crippen molar-refractivity contribution in [1.82, 2.24) is 51.7 Å². The first kappa shape index (κ1) is 51.8. The molecular formula is C45H48FN10O14Pb. The fourth-order valence-corrected chi connectivity index (χ4v) is 10.0. The monoisotopic (exact) mass is 1180 g/mol. The summed E-state index contributed by atoms with van der Waals surface area (Å²) in [4.78, 5) is 144. The van der Waals surface area contributed by atoms with E-state index in [0.717, 1.165) is 17.7 Å². The molecule has 8 N–H and O–H groups in total. The van der Waals surface area contributed by atoms with Gasteiger partial charge in [0.25, 0.3) is 17.4 Å². The van der Waals surface area contributed by atoms with E-state index in [1.54, 1.807) is 17.6 Å². The predicted octanol–water partition coefficient (Wildman–Crippen LogP) is -3.00. The van der Waals surface area contributed by atoms with Gasteiger partial charge in [0, 0.05) is 29.2 Å². The smallest absolute Gasteiger partial charge is 0.480 e. The number of rotatable bonds is 21. The van der Waals surface area contributed by atoms with Crippen LogP contribution in [0.4, 0.5) is 4.39 Å². The zero-order chi connectivity index (χ0) is 51.3. The number of amides is 8. The molecule has 3 radical (unpaired) electrons. The van der Waals surface area contributed by atoms with Crippen molar-refractivity contribution < 1.29 is 66.9 Å². The number of carbonyl (C=O) groups is 10. The van der Waals surface area contributed by atoms with Gasteiger partial charge in [-0.05, 0) is 54.5 Å². The topological polar surface area (TPSA) is 332 Å². The van der Waals surface area contributed by atoms with Crippen LogP contribution in [0.2, 0.25) is 3.98 Å². The molecule has 8 amide bonds. The van der Waals surface area contributed by atoms with E-state index in [2.05, 4.69) is 37.2 Å². The van der Waals surface area contributed by atoms with Crippen LogP contribution in [-0.2, 0) is 77.0 Å². The molecule has 4 unspecified atom stereocenters. The third-order valence-corrected chi connectivity index (χ3v) is 13.9. The van der Waals surface area contributed by atoms with Gasteiger partial charge in [-0.2, -0.15) is 0 Å². The van der Waals surface area contributed by atoms with Crippen molar-refractivity contribution >= 4 is 95.9 Å². The fourth-order valence-electron chi connectivity index (χ4n) is 8.90. The Morgan fingerprint density at radius 3 is 2.28 bits per heavy atom. The van der Waals surface area contributed by atoms with Crippen molar-refractivity contribution in [1.29, 1.82) is 0 Å². The Hall–Kier alpha value is -7.01. The molecule has 24 nitrogen and oxygen atoms in total. The van der Waals surface area contributed by atoms with E-state index in [4.69, 9.17) is 19.6 Å². The molecule has 71 heavy (non-hydrogen) atoms. The minimum atomic E-state index is -1.48. The zero-order valence-corrected chi connectivity index (χ0v) is 42.2. The van der Waals surface area contributed by atoms with E-state index in [1.165, 1.54) is 6.07 Å². The van der Waals surface area contributed by atoms with E-state index in [-0.39, 0.29) is 22.7 Å². The first-order valence-electron chi connectivity index (χ1n) is 22.4. The van der Waals surface area contributed by atoms with Crippen molar-refractivity contribution in [3.8, 4) is 11.4 Å². The fraction of sp³-hybridized carbons (Fsp3) is 0.422. The average Bonchev–Trinajstić information content (AvgIpc) is 3.88. The van der Waals surface area contributed by atoms with E-state index in [0.29, 0.717) is 100 Å². The number of esters is 1. The standard InChI is InChI=1S/C45H48FN10O14.Pb/c1-4-22-24-9-30-41-25(16-55(30)44(67)26(24)17-70-45(22)68)40-28(6-5-23-20(2)27(46)10-29(54-41)39(23)40)53-35(60)18-69-19-51-33(58)13-49-42(65)21(3)52-34(59)14-48-32(57)12-50-43(66)31(11-47-15-38(63)64)56-36(61)7-8-37(56)62;/h7-10,21-22,28,31,47H,3-6,11-19H2,1-2H3,(H,48,57)(H,49,65)(H,50,66)(H,51,58)(H,52,59)(H,53,60)(H,63,64);. The van der Waals surface area contributed by atoms with Crippen molar-refractivity contribution in [2.75, 3.05) is 46.1 Å². The Labute approximate surface area is 418 Å². The van der Waals surface area contributed by atoms with Crippen LogP contribution < -0.4 is 42.8 Å². The van der Waals surface area contributed by atoms with Gasteiger partial charge in [0.2, 0.25) is 0 Å². The molecule has 2 aromatic heterocycles. The SMILES string of the molecule is CCC1C(=O)OCc2c1cc1n(c2=O)Cc2c-1nc1cc(F)c(C)c3c1c2C(NC(=O)COCNC(=O)CNC(=O)C([CH2][Pb])NC(=O)CNC(=O)CNC(=O)C(CNCC(=O)O)N1C(=O)C=CC1=O)CC3. The second kappa shape index (κ2) is 22.4. The summed E-state index contributed by atoms with van der Waals surface area (Å²) in [7, 11) is 0. The molecule has 4 aliphatic rings. The number of carbonyl (C=O) groups excluding carboxylic acids is 9. The van der Waals surface area contributed by atoms with Crippen LogP contribution >= 0.6 is 0 Å². The summed E-state index contributed by atoms with van der Waals surface area (Å²) in [6.07, 6.45) is 3.12. The number of fused-ring (bicyclic) bond motifs is 5. The second-order valence-electron chi connectivity index (χ2n) is 16.8. The van der Waals surface area contributed by atoms with Crippen LogP contribution in [0.15, 0.2) is 29.1 Å². The van der Waals surface area contributed by atoms with Gasteiger partial charge in [-0.1, -0.05) is 6.92 Å². The molecule has 0 saturated carbocycles. The molecule has 7 rings (SSSR count). The third-order valence-electron chi connectivity index (χ3n) is 12.4. The molecule has 3 aromatic rings. The first-order chi connectivity index (χ1) is 33.9. The number of aromatic nitrogens is 2. The maximum atomic E-state index is 15.3. The van der Waals surface area contributed by atoms with Crippen molar-refractivity contribution in [2.45, 2.75) is 74.3 Å². The number of pyridine rings is 2. The third kappa shape index (κ3) is 11.3. The Kier molecular flexibility index (Phi) is 16.3. The number of hydrogen-bond acceptors (Lipinski definition) is 15. The number of imide groups is 1. The summed E-state index contributed by atoms with van der Waals surface area (Å²) in [6, 6.07) is 0.00594. The molecular weight excluding hydrogens is 1130 g/mol. The molecule has 1 aliphatic carbocycles. The average molecular weight is 1180 g/mol. The van der Waals surface area contributed by atoms with Gasteiger partial charge in [-0.15, -0.1) is 0 Å². The summed E-state index contributed by atoms with van der Waals surface area (Å²) in [5.41, 5.74) is 4.56. The van der Waals surface area contributed by atoms with Crippen LogP contribution in [0.5, 0.6) is 0 Å². The Morgan fingerprint density at radius 1 is 0.901 bits per heavy atom. The number of ether oxygens (including phenoxy) is 2. The number of halogens is 1. The van der Waals surface area contributed by atoms with Gasteiger partial charge < -0.3 is 19.7 Å². The molecule has 3 aliphatic heterocycles. The van der Waals surface area contributed by atoms with Crippen LogP contribution in [0.3, 0.4) is 0 Å². The van der Waals surface area contributed by atoms with Gasteiger partial charge in [0.15, 0.2) is 0 Å². The summed E-state index contributed by atoms with van der Waals surface area (Å²) in [5.74, 6) is -8.83. The molecule has 4 atom stereocenters. The number of cyclic esters (lactones) is 1. The number of nitrogens with one attached hydrogen (secondary N) is 7. The number of nitrogens with zero attached hydrogens (tertiary/aromatic N) is 3. The molecule has 0 bridgehead atoms. The molecule has 0 fully saturated rings. The van der Waals surface area contributed by atoms with Gasteiger partial charge >= 0.3 is 199 Å². The van der Waals surface area contributed by atoms with E-state index >= 15 is 4.39 Å². The first-order valence-corrected chi connectivity index (χ1v) is 25.1. The van der Waals surface area contributed by atoms with Gasteiger partial charge in [-0.25, -0.2) is 9.37 Å². The predicted molar refractivity (Wildman–Crippen MR) is 243 cm³/mol. The van der Waals surface area contributed by atoms with Crippen molar-refractivity contribution in [3.05, 3.63) is 73.8 Å². The molecule has 5 heterocycles. The Balaban J connectivity index is 0.864. The molecule has 26 heteroatoms. The van der Waals surface area contributed by atoms with Crippen LogP contribution in [0, 0.1) is 12.7 Å². The summed E-state index contributed by atoms with van der Waals surface area (Å²) in [5, 5.41) is 26.8. The molecule has 0 saturated heterocycles. The minimum absolute atomic E-state index is 0.130. The van der Waals surface area contributed by atoms with E-state index in [9.17, 15) is 52.7 Å². The number of carboxylic acids is 1. The molecule has 373 valence electrons. The number of hydrogen-bond donors (Lipinski definition) is 8. The van der Waals surface area contributed by atoms with Crippen LogP contribution in [-0.4, -0.2) is 163 Å². The van der Waals surface area contributed by atoms with E-state index in [1.807, 2.05) is 6.92 Å². The van der Waals surface area contributed by atoms with Crippen molar-refractivity contribution in [3.63, 3.8) is 0 Å². The summed E-state index contributed by atoms with van der Waals surface area (Å²) in [6.45, 7) is -0.200. The molecule has 0 spiro atoms. The van der Waals surface area contributed by atoms with Crippen molar-refractivity contribution in [2.24, 2.45) is 0 Å². The summed E-state index contributed by atoms with van der Waals surface area (Å²) >= 11 is 0.449. The number of aryl methyl sites for hydroxylation is 1. The maximum absolute atomic E-state index is 15.3. The quantitative estimate of drug-likeness (QED) is 0.0136. The number of aliphatic carboxylic acids is 1. The zero-order valence-electron chi connectivity index (χ0n) is 38.3. The number of carboxylic acid groups (broad SMARTS) is 1. The second-order valence-corrected chi connectivity index (χ2v) is 18.4. The van der Waals surface area contributed by atoms with Gasteiger partial charge in [-0.3, -0.25) is 24.0 Å². The van der Waals surface area contributed by atoms with Gasteiger partial charge in [0.05, 0.1) is 47.5 Å². The minimum Gasteiger partial charge on any atom is -0.480 e. The Morgan fingerprint density at radius 2 is 1.59 bits per heavy atom. The van der Waals surface area contributed by atoms with Gasteiger partial charge in [0.1, 0.15) is 12.4 Å². The Bertz CT molecular complexity index is 2850. The molecule has 1 aromatic carbocycles.